The smallest absolute Gasteiger partial charge is 0.310 e. The lowest BCUT2D eigenvalue weighted by Gasteiger charge is -2.39. The molecule has 3 heteroatoms. The molecule has 2 atom stereocenters. The quantitative estimate of drug-likeness (QED) is 0.890. The Morgan fingerprint density at radius 2 is 2.11 bits per heavy atom. The molecule has 0 bridgehead atoms. The van der Waals surface area contributed by atoms with Crippen molar-refractivity contribution in [3.05, 3.63) is 35.4 Å². The second-order valence-corrected chi connectivity index (χ2v) is 5.26. The topological polar surface area (TPSA) is 46.5 Å². The van der Waals surface area contributed by atoms with Crippen LogP contribution in [0, 0.1) is 11.3 Å². The van der Waals surface area contributed by atoms with E-state index in [4.69, 9.17) is 4.74 Å². The lowest BCUT2D eigenvalue weighted by molar-refractivity contribution is -0.154. The molecule has 0 saturated heterocycles. The van der Waals surface area contributed by atoms with Gasteiger partial charge in [0.15, 0.2) is 0 Å². The largest absolute Gasteiger partial charge is 0.481 e. The average Bonchev–Trinajstić information content (AvgIpc) is 2.38. The Bertz CT molecular complexity index is 441. The fraction of sp³-hybridized carbons (Fsp3) is 0.533. The number of aliphatic carboxylic acids is 1. The summed E-state index contributed by atoms with van der Waals surface area (Å²) in [6, 6.07) is 8.15. The molecule has 2 unspecified atom stereocenters. The predicted octanol–water partition coefficient (Wildman–Crippen LogP) is 2.53. The molecule has 0 fully saturated rings. The molecule has 2 rings (SSSR count). The second kappa shape index (κ2) is 5.11. The van der Waals surface area contributed by atoms with Crippen LogP contribution in [0.2, 0.25) is 0 Å². The van der Waals surface area contributed by atoms with Crippen molar-refractivity contribution >= 4 is 5.97 Å². The molecular formula is C15H20O3. The van der Waals surface area contributed by atoms with Crippen LogP contribution in [0.5, 0.6) is 0 Å². The van der Waals surface area contributed by atoms with E-state index in [2.05, 4.69) is 6.07 Å². The fourth-order valence-electron chi connectivity index (χ4n) is 2.98. The summed E-state index contributed by atoms with van der Waals surface area (Å²) in [5.74, 6) is -0.671. The van der Waals surface area contributed by atoms with Crippen molar-refractivity contribution < 1.29 is 14.6 Å². The highest BCUT2D eigenvalue weighted by Crippen LogP contribution is 2.41. The Morgan fingerprint density at radius 3 is 2.72 bits per heavy atom. The molecule has 1 aliphatic carbocycles. The van der Waals surface area contributed by atoms with E-state index < -0.39 is 11.4 Å². The molecule has 1 N–H and O–H groups in total. The van der Waals surface area contributed by atoms with Crippen LogP contribution in [-0.4, -0.2) is 24.8 Å². The van der Waals surface area contributed by atoms with Gasteiger partial charge in [-0.05, 0) is 36.3 Å². The minimum Gasteiger partial charge on any atom is -0.481 e. The average molecular weight is 248 g/mol. The summed E-state index contributed by atoms with van der Waals surface area (Å²) in [5, 5.41) is 9.66. The maximum atomic E-state index is 11.7. The van der Waals surface area contributed by atoms with Crippen molar-refractivity contribution in [1.82, 2.24) is 0 Å². The highest BCUT2D eigenvalue weighted by molar-refractivity contribution is 5.76. The number of fused-ring (bicyclic) bond motifs is 1. The number of hydrogen-bond acceptors (Lipinski definition) is 2. The molecule has 0 aromatic heterocycles. The number of benzene rings is 1. The van der Waals surface area contributed by atoms with Crippen molar-refractivity contribution in [1.29, 1.82) is 0 Å². The zero-order valence-electron chi connectivity index (χ0n) is 11.0. The van der Waals surface area contributed by atoms with Gasteiger partial charge in [-0.25, -0.2) is 0 Å². The maximum absolute atomic E-state index is 11.7. The fourth-order valence-corrected chi connectivity index (χ4v) is 2.98. The summed E-state index contributed by atoms with van der Waals surface area (Å²) in [6.07, 6.45) is 2.16. The first-order valence-electron chi connectivity index (χ1n) is 6.39. The normalized spacial score (nSPS) is 24.3. The van der Waals surface area contributed by atoms with Gasteiger partial charge in [-0.1, -0.05) is 31.2 Å². The molecule has 1 aromatic rings. The third-order valence-corrected chi connectivity index (χ3v) is 4.25. The Morgan fingerprint density at radius 1 is 1.44 bits per heavy atom. The third-order valence-electron chi connectivity index (χ3n) is 4.25. The van der Waals surface area contributed by atoms with E-state index in [9.17, 15) is 9.90 Å². The molecule has 0 amide bonds. The molecule has 3 nitrogen and oxygen atoms in total. The summed E-state index contributed by atoms with van der Waals surface area (Å²) >= 11 is 0. The van der Waals surface area contributed by atoms with Gasteiger partial charge in [0.05, 0.1) is 5.41 Å². The first kappa shape index (κ1) is 13.1. The van der Waals surface area contributed by atoms with Crippen LogP contribution in [0.25, 0.3) is 0 Å². The van der Waals surface area contributed by atoms with Gasteiger partial charge in [-0.3, -0.25) is 4.79 Å². The second-order valence-electron chi connectivity index (χ2n) is 5.26. The van der Waals surface area contributed by atoms with Gasteiger partial charge in [0.25, 0.3) is 0 Å². The van der Waals surface area contributed by atoms with E-state index in [-0.39, 0.29) is 5.92 Å². The van der Waals surface area contributed by atoms with E-state index in [0.29, 0.717) is 19.4 Å². The van der Waals surface area contributed by atoms with E-state index in [1.54, 1.807) is 7.11 Å². The van der Waals surface area contributed by atoms with Crippen LogP contribution in [-0.2, 0) is 22.4 Å². The molecular weight excluding hydrogens is 228 g/mol. The van der Waals surface area contributed by atoms with Crippen molar-refractivity contribution in [3.8, 4) is 0 Å². The molecule has 0 saturated carbocycles. The third kappa shape index (κ3) is 2.15. The molecule has 0 spiro atoms. The number of methoxy groups -OCH3 is 1. The van der Waals surface area contributed by atoms with Crippen molar-refractivity contribution in [3.63, 3.8) is 0 Å². The number of carbonyl (C=O) groups is 1. The van der Waals surface area contributed by atoms with Crippen LogP contribution in [0.1, 0.15) is 24.5 Å². The number of rotatable bonds is 4. The minimum atomic E-state index is -0.693. The van der Waals surface area contributed by atoms with Crippen molar-refractivity contribution in [2.45, 2.75) is 26.2 Å². The number of ether oxygens (including phenoxy) is 1. The Hall–Kier alpha value is -1.35. The van der Waals surface area contributed by atoms with Crippen LogP contribution >= 0.6 is 0 Å². The van der Waals surface area contributed by atoms with E-state index >= 15 is 0 Å². The van der Waals surface area contributed by atoms with Crippen LogP contribution in [0.4, 0.5) is 0 Å². The van der Waals surface area contributed by atoms with Crippen LogP contribution in [0.3, 0.4) is 0 Å². The van der Waals surface area contributed by atoms with E-state index in [1.165, 1.54) is 11.1 Å². The van der Waals surface area contributed by atoms with Gasteiger partial charge in [0, 0.05) is 13.7 Å². The van der Waals surface area contributed by atoms with Crippen molar-refractivity contribution in [2.75, 3.05) is 13.7 Å². The first-order valence-corrected chi connectivity index (χ1v) is 6.39. The van der Waals surface area contributed by atoms with Gasteiger partial charge in [-0.15, -0.1) is 0 Å². The highest BCUT2D eigenvalue weighted by atomic mass is 16.5. The van der Waals surface area contributed by atoms with Gasteiger partial charge >= 0.3 is 5.97 Å². The Kier molecular flexibility index (Phi) is 3.71. The van der Waals surface area contributed by atoms with Gasteiger partial charge in [0.1, 0.15) is 0 Å². The number of aryl methyl sites for hydroxylation is 1. The van der Waals surface area contributed by atoms with Crippen LogP contribution < -0.4 is 0 Å². The molecule has 98 valence electrons. The molecule has 1 aromatic carbocycles. The first-order chi connectivity index (χ1) is 8.60. The van der Waals surface area contributed by atoms with Gasteiger partial charge in [-0.2, -0.15) is 0 Å². The molecule has 18 heavy (non-hydrogen) atoms. The zero-order valence-corrected chi connectivity index (χ0v) is 11.0. The zero-order chi connectivity index (χ0) is 13.2. The van der Waals surface area contributed by atoms with Gasteiger partial charge in [0.2, 0.25) is 0 Å². The van der Waals surface area contributed by atoms with Crippen LogP contribution in [0.15, 0.2) is 24.3 Å². The predicted molar refractivity (Wildman–Crippen MR) is 69.6 cm³/mol. The summed E-state index contributed by atoms with van der Waals surface area (Å²) in [7, 11) is 1.63. The van der Waals surface area contributed by atoms with E-state index in [0.717, 1.165) is 6.42 Å². The monoisotopic (exact) mass is 248 g/mol. The highest BCUT2D eigenvalue weighted by Gasteiger charge is 2.45. The summed E-state index contributed by atoms with van der Waals surface area (Å²) in [4.78, 5) is 11.7. The lowest BCUT2D eigenvalue weighted by atomic mass is 9.65. The maximum Gasteiger partial charge on any atom is 0.310 e. The standard InChI is InChI=1S/C15H20O3/c1-11(10-18-2)15(14(16)17)8-7-12-5-3-4-6-13(12)9-15/h3-6,11H,7-10H2,1-2H3,(H,16,17). The number of carboxylic acid groups (broad SMARTS) is 1. The lowest BCUT2D eigenvalue weighted by Crippen LogP contribution is -2.44. The summed E-state index contributed by atoms with van der Waals surface area (Å²) in [6.45, 7) is 2.47. The SMILES string of the molecule is COCC(C)C1(C(=O)O)CCc2ccccc2C1. The molecule has 1 aliphatic rings. The summed E-state index contributed by atoms with van der Waals surface area (Å²) in [5.41, 5.74) is 1.79. The van der Waals surface area contributed by atoms with Gasteiger partial charge < -0.3 is 9.84 Å². The van der Waals surface area contributed by atoms with Crippen molar-refractivity contribution in [2.24, 2.45) is 11.3 Å². The molecule has 0 aliphatic heterocycles. The summed E-state index contributed by atoms with van der Waals surface area (Å²) < 4.78 is 5.16. The number of hydrogen-bond donors (Lipinski definition) is 1. The molecule has 0 radical (unpaired) electrons. The Balaban J connectivity index is 2.32. The molecule has 0 heterocycles. The minimum absolute atomic E-state index is 0.0216. The van der Waals surface area contributed by atoms with E-state index in [1.807, 2.05) is 25.1 Å². The Labute approximate surface area is 108 Å². The number of carboxylic acids is 1.